The minimum absolute atomic E-state index is 0.0662. The standard InChI is InChI=1S/C21H20N2O3/c1-12-16-10-23-8-7-14-13-5-3-4-6-18(13)22-20(14)19(23)9-15(16)17(11-26-12)21(24)25-2/h3-8,11-12,15-16H,9-10H2,1-2H3/t12-,15-,16-/m0/s1. The number of hydrogen-bond acceptors (Lipinski definition) is 4. The minimum Gasteiger partial charge on any atom is -0.497 e. The van der Waals surface area contributed by atoms with Crippen molar-refractivity contribution in [3.05, 3.63) is 54.1 Å². The number of fused-ring (bicyclic) bond motifs is 6. The van der Waals surface area contributed by atoms with Gasteiger partial charge in [0.15, 0.2) is 0 Å². The maximum Gasteiger partial charge on any atom is 0.337 e. The van der Waals surface area contributed by atoms with Crippen molar-refractivity contribution in [2.45, 2.75) is 26.0 Å². The lowest BCUT2D eigenvalue weighted by atomic mass is 9.75. The number of ether oxygens (including phenoxy) is 2. The zero-order valence-corrected chi connectivity index (χ0v) is 14.8. The average molecular weight is 348 g/mol. The maximum atomic E-state index is 12.3. The van der Waals surface area contributed by atoms with Crippen LogP contribution >= 0.6 is 0 Å². The van der Waals surface area contributed by atoms with E-state index in [9.17, 15) is 4.79 Å². The van der Waals surface area contributed by atoms with E-state index in [1.807, 2.05) is 18.2 Å². The van der Waals surface area contributed by atoms with Crippen molar-refractivity contribution in [3.8, 4) is 11.3 Å². The van der Waals surface area contributed by atoms with E-state index in [0.29, 0.717) is 5.57 Å². The smallest absolute Gasteiger partial charge is 0.337 e. The van der Waals surface area contributed by atoms with Crippen LogP contribution in [0.4, 0.5) is 0 Å². The molecule has 1 aromatic rings. The lowest BCUT2D eigenvalue weighted by Gasteiger charge is -2.41. The molecule has 0 saturated carbocycles. The third-order valence-electron chi connectivity index (χ3n) is 5.89. The number of carbonyl (C=O) groups excluding carboxylic acids is 1. The molecule has 3 atom stereocenters. The molecule has 0 saturated heterocycles. The van der Waals surface area contributed by atoms with E-state index in [0.717, 1.165) is 24.2 Å². The predicted octanol–water partition coefficient (Wildman–Crippen LogP) is 3.41. The number of rotatable bonds is 1. The van der Waals surface area contributed by atoms with E-state index >= 15 is 0 Å². The number of methoxy groups -OCH3 is 1. The molecule has 0 amide bonds. The number of nitrogens with zero attached hydrogens (tertiary/aromatic N) is 2. The Morgan fingerprint density at radius 1 is 1.31 bits per heavy atom. The fourth-order valence-corrected chi connectivity index (χ4v) is 4.49. The van der Waals surface area contributed by atoms with Crippen LogP contribution in [0.2, 0.25) is 0 Å². The molecule has 0 aliphatic carbocycles. The summed E-state index contributed by atoms with van der Waals surface area (Å²) < 4.78 is 13.0. The van der Waals surface area contributed by atoms with Gasteiger partial charge in [-0.2, -0.15) is 0 Å². The van der Waals surface area contributed by atoms with Crippen molar-refractivity contribution in [2.24, 2.45) is 11.8 Å². The van der Waals surface area contributed by atoms with E-state index in [4.69, 9.17) is 14.5 Å². The summed E-state index contributed by atoms with van der Waals surface area (Å²) in [6, 6.07) is 10.4. The molecule has 26 heavy (non-hydrogen) atoms. The first-order valence-corrected chi connectivity index (χ1v) is 8.97. The van der Waals surface area contributed by atoms with Gasteiger partial charge in [0.05, 0.1) is 30.2 Å². The van der Waals surface area contributed by atoms with E-state index in [2.05, 4.69) is 29.8 Å². The van der Waals surface area contributed by atoms with E-state index in [1.54, 1.807) is 6.26 Å². The highest BCUT2D eigenvalue weighted by Crippen LogP contribution is 2.42. The van der Waals surface area contributed by atoms with Gasteiger partial charge in [0.1, 0.15) is 6.10 Å². The highest BCUT2D eigenvalue weighted by atomic mass is 16.5. The summed E-state index contributed by atoms with van der Waals surface area (Å²) in [6.07, 6.45) is 4.57. The second kappa shape index (κ2) is 5.59. The molecule has 4 aliphatic heterocycles. The number of hydrogen-bond donors (Lipinski definition) is 0. The number of aromatic nitrogens is 2. The van der Waals surface area contributed by atoms with Crippen LogP contribution in [0, 0.1) is 11.8 Å². The number of benzene rings is 1. The number of pyridine rings is 1. The van der Waals surface area contributed by atoms with Gasteiger partial charge in [0.2, 0.25) is 0 Å². The molecule has 5 nitrogen and oxygen atoms in total. The van der Waals surface area contributed by atoms with Gasteiger partial charge in [-0.25, -0.2) is 9.78 Å². The second-order valence-corrected chi connectivity index (χ2v) is 7.19. The molecule has 0 radical (unpaired) electrons. The highest BCUT2D eigenvalue weighted by Gasteiger charge is 2.42. The molecule has 0 bridgehead atoms. The first-order valence-electron chi connectivity index (χ1n) is 8.97. The quantitative estimate of drug-likeness (QED) is 0.633. The van der Waals surface area contributed by atoms with Gasteiger partial charge in [-0.15, -0.1) is 0 Å². The van der Waals surface area contributed by atoms with Gasteiger partial charge >= 0.3 is 5.97 Å². The molecule has 1 aromatic carbocycles. The van der Waals surface area contributed by atoms with Crippen LogP contribution < -0.4 is 0 Å². The summed E-state index contributed by atoms with van der Waals surface area (Å²) in [7, 11) is 1.42. The fraction of sp³-hybridized carbons (Fsp3) is 0.333. The van der Waals surface area contributed by atoms with Crippen LogP contribution in [0.1, 0.15) is 12.6 Å². The molecular weight excluding hydrogens is 328 g/mol. The van der Waals surface area contributed by atoms with E-state index in [1.165, 1.54) is 23.8 Å². The Hall–Kier alpha value is -2.82. The third kappa shape index (κ3) is 2.09. The summed E-state index contributed by atoms with van der Waals surface area (Å²) in [4.78, 5) is 17.1. The monoisotopic (exact) mass is 348 g/mol. The number of para-hydroxylation sites is 1. The van der Waals surface area contributed by atoms with Crippen LogP contribution in [0.5, 0.6) is 0 Å². The Balaban J connectivity index is 1.66. The van der Waals surface area contributed by atoms with Gasteiger partial charge < -0.3 is 14.0 Å². The van der Waals surface area contributed by atoms with Gasteiger partial charge in [-0.05, 0) is 25.5 Å². The maximum absolute atomic E-state index is 12.3. The van der Waals surface area contributed by atoms with E-state index < -0.39 is 0 Å². The Labute approximate surface area is 151 Å². The lowest BCUT2D eigenvalue weighted by Crippen LogP contribution is -2.42. The summed E-state index contributed by atoms with van der Waals surface area (Å²) in [6.45, 7) is 2.88. The molecule has 4 aliphatic rings. The highest BCUT2D eigenvalue weighted by molar-refractivity contribution is 5.98. The van der Waals surface area contributed by atoms with Crippen molar-refractivity contribution in [1.29, 1.82) is 0 Å². The zero-order valence-electron chi connectivity index (χ0n) is 14.8. The molecule has 0 aromatic heterocycles. The summed E-state index contributed by atoms with van der Waals surface area (Å²) >= 11 is 0. The lowest BCUT2D eigenvalue weighted by molar-refractivity contribution is -0.138. The molecular formula is C21H20N2O3. The van der Waals surface area contributed by atoms with Gasteiger partial charge in [0, 0.05) is 41.2 Å². The third-order valence-corrected chi connectivity index (χ3v) is 5.89. The largest absolute Gasteiger partial charge is 0.497 e. The van der Waals surface area contributed by atoms with Crippen molar-refractivity contribution in [1.82, 2.24) is 9.55 Å². The Morgan fingerprint density at radius 2 is 2.15 bits per heavy atom. The number of carbonyl (C=O) groups is 1. The summed E-state index contributed by atoms with van der Waals surface area (Å²) in [5.74, 6) is 0.0400. The van der Waals surface area contributed by atoms with Gasteiger partial charge in [-0.3, -0.25) is 0 Å². The van der Waals surface area contributed by atoms with Gasteiger partial charge in [-0.1, -0.05) is 18.2 Å². The normalized spacial score (nSPS) is 24.5. The van der Waals surface area contributed by atoms with Crippen molar-refractivity contribution in [3.63, 3.8) is 0 Å². The molecule has 0 spiro atoms. The first-order chi connectivity index (χ1) is 12.7. The van der Waals surface area contributed by atoms with Crippen LogP contribution in [0.3, 0.4) is 0 Å². The summed E-state index contributed by atoms with van der Waals surface area (Å²) in [5.41, 5.74) is 5.05. The molecule has 5 heteroatoms. The number of esters is 1. The van der Waals surface area contributed by atoms with Crippen LogP contribution in [-0.4, -0.2) is 28.7 Å². The van der Waals surface area contributed by atoms with Crippen LogP contribution in [-0.2, 0) is 27.2 Å². The van der Waals surface area contributed by atoms with Crippen molar-refractivity contribution < 1.29 is 14.3 Å². The Kier molecular flexibility index (Phi) is 3.32. The molecule has 5 rings (SSSR count). The zero-order chi connectivity index (χ0) is 17.8. The van der Waals surface area contributed by atoms with Crippen molar-refractivity contribution >= 4 is 16.9 Å². The fourth-order valence-electron chi connectivity index (χ4n) is 4.49. The Morgan fingerprint density at radius 3 is 3.00 bits per heavy atom. The van der Waals surface area contributed by atoms with Crippen LogP contribution in [0.25, 0.3) is 22.2 Å². The molecule has 0 unspecified atom stereocenters. The van der Waals surface area contributed by atoms with Gasteiger partial charge in [0.25, 0.3) is 0 Å². The summed E-state index contributed by atoms with van der Waals surface area (Å²) in [5, 5.41) is 1.18. The second-order valence-electron chi connectivity index (χ2n) is 7.19. The topological polar surface area (TPSA) is 53.4 Å². The van der Waals surface area contributed by atoms with E-state index in [-0.39, 0.29) is 23.9 Å². The SMILES string of the molecule is COC(=O)C1=CO[C@@H](C)[C@@H]2Cn3ccc4c5ccccc5nc-4c3C[C@H]12. The average Bonchev–Trinajstić information content (AvgIpc) is 3.06. The Bertz CT molecular complexity index is 1020. The predicted molar refractivity (Wildman–Crippen MR) is 97.7 cm³/mol. The van der Waals surface area contributed by atoms with Crippen LogP contribution in [0.15, 0.2) is 48.4 Å². The molecule has 0 N–H and O–H groups in total. The molecule has 132 valence electrons. The molecule has 4 heterocycles. The molecule has 0 fully saturated rings. The van der Waals surface area contributed by atoms with Crippen molar-refractivity contribution in [2.75, 3.05) is 7.11 Å². The minimum atomic E-state index is -0.298. The first kappa shape index (κ1) is 15.4.